The normalized spacial score (nSPS) is 12.1. The second-order valence-corrected chi connectivity index (χ2v) is 17.3. The van der Waals surface area contributed by atoms with Crippen molar-refractivity contribution in [3.8, 4) is 28.2 Å². The van der Waals surface area contributed by atoms with Crippen molar-refractivity contribution in [2.75, 3.05) is 4.90 Å². The Morgan fingerprint density at radius 3 is 1.98 bits per heavy atom. The van der Waals surface area contributed by atoms with Crippen LogP contribution in [0.25, 0.3) is 71.7 Å². The first-order valence-electron chi connectivity index (χ1n) is 20.0. The molecule has 4 aromatic heterocycles. The van der Waals surface area contributed by atoms with Gasteiger partial charge in [0.2, 0.25) is 0 Å². The summed E-state index contributed by atoms with van der Waals surface area (Å²) in [5, 5.41) is 11.1. The third-order valence-electron chi connectivity index (χ3n) is 11.3. The molecule has 0 unspecified atom stereocenters. The molecule has 0 atom stereocenters. The van der Waals surface area contributed by atoms with E-state index in [1.165, 1.54) is 16.5 Å². The summed E-state index contributed by atoms with van der Waals surface area (Å²) in [7, 11) is 0. The van der Waals surface area contributed by atoms with E-state index >= 15 is 0 Å². The molecule has 0 N–H and O–H groups in total. The molecule has 10 aromatic rings. The molecular weight excluding hydrogens is 904 g/mol. The van der Waals surface area contributed by atoms with E-state index in [9.17, 15) is 0 Å². The van der Waals surface area contributed by atoms with Crippen LogP contribution in [0.15, 0.2) is 158 Å². The van der Waals surface area contributed by atoms with Gasteiger partial charge in [-0.3, -0.25) is 4.90 Å². The third-order valence-corrected chi connectivity index (χ3v) is 11.3. The summed E-state index contributed by atoms with van der Waals surface area (Å²) in [6.45, 7) is 13.6. The van der Waals surface area contributed by atoms with Crippen molar-refractivity contribution in [2.24, 2.45) is 0 Å². The first kappa shape index (κ1) is 38.3. The van der Waals surface area contributed by atoms with Crippen LogP contribution in [0.5, 0.6) is 0 Å². The number of benzene rings is 6. The molecule has 7 heteroatoms. The fourth-order valence-electron chi connectivity index (χ4n) is 8.09. The first-order chi connectivity index (χ1) is 28.0. The number of rotatable bonds is 6. The van der Waals surface area contributed by atoms with E-state index in [1.807, 2.05) is 24.4 Å². The van der Waals surface area contributed by atoms with Gasteiger partial charge < -0.3 is 9.97 Å². The van der Waals surface area contributed by atoms with Crippen LogP contribution < -0.4 is 14.9 Å². The van der Waals surface area contributed by atoms with Crippen molar-refractivity contribution >= 4 is 60.8 Å². The van der Waals surface area contributed by atoms with E-state index < -0.39 is 0 Å². The van der Waals surface area contributed by atoms with E-state index in [2.05, 4.69) is 185 Å². The topological polar surface area (TPSA) is 62.2 Å². The number of nitrogens with zero attached hydrogens (tertiary/aromatic N) is 6. The minimum atomic E-state index is -0.118. The largest absolute Gasteiger partial charge is 2.00 e. The molecule has 0 saturated carbocycles. The fraction of sp³-hybridized carbons (Fsp3) is 0.154. The maximum Gasteiger partial charge on any atom is 2.00 e. The third kappa shape index (κ3) is 6.76. The molecule has 6 aromatic carbocycles. The Kier molecular flexibility index (Phi) is 9.44. The van der Waals surface area contributed by atoms with Crippen LogP contribution >= 0.6 is 0 Å². The summed E-state index contributed by atoms with van der Waals surface area (Å²) in [5.41, 5.74) is 11.0. The van der Waals surface area contributed by atoms with Crippen LogP contribution in [0.2, 0.25) is 0 Å². The SMILES string of the molecule is CC(C)(C)c1ccc2[n-]c3c(-n4nc(N(c5ccccc5)c5cc(-c6ccccc6)cc(-c6[n-]cc7ccccc67)n5)c5ccccc54)cc(C(C)(C)C)cc3c2c1.[Pt+2]. The summed E-state index contributed by atoms with van der Waals surface area (Å²) >= 11 is 0. The summed E-state index contributed by atoms with van der Waals surface area (Å²) in [4.78, 5) is 17.9. The predicted octanol–water partition coefficient (Wildman–Crippen LogP) is 13.2. The number of para-hydroxylation sites is 2. The number of hydrogen-bond acceptors (Lipinski definition) is 3. The Labute approximate surface area is 359 Å². The zero-order chi connectivity index (χ0) is 39.8. The molecule has 292 valence electrons. The van der Waals surface area contributed by atoms with E-state index in [4.69, 9.17) is 20.1 Å². The Morgan fingerprint density at radius 2 is 1.24 bits per heavy atom. The van der Waals surface area contributed by atoms with Crippen LogP contribution in [0.1, 0.15) is 52.7 Å². The number of pyridine rings is 1. The molecule has 10 rings (SSSR count). The second kappa shape index (κ2) is 14.5. The number of anilines is 3. The number of hydrogen-bond donors (Lipinski definition) is 0. The van der Waals surface area contributed by atoms with Crippen molar-refractivity contribution in [3.05, 3.63) is 169 Å². The minimum Gasteiger partial charge on any atom is -0.661 e. The molecule has 59 heavy (non-hydrogen) atoms. The molecule has 0 aliphatic heterocycles. The summed E-state index contributed by atoms with van der Waals surface area (Å²) in [6.07, 6.45) is 1.93. The second-order valence-electron chi connectivity index (χ2n) is 17.3. The van der Waals surface area contributed by atoms with Crippen LogP contribution in [-0.2, 0) is 31.9 Å². The summed E-state index contributed by atoms with van der Waals surface area (Å²) in [5.74, 6) is 1.51. The zero-order valence-corrected chi connectivity index (χ0v) is 36.3. The Hall–Kier alpha value is -6.23. The summed E-state index contributed by atoms with van der Waals surface area (Å²) < 4.78 is 2.10. The quantitative estimate of drug-likeness (QED) is 0.166. The van der Waals surface area contributed by atoms with Gasteiger partial charge in [0, 0.05) is 11.1 Å². The first-order valence-corrected chi connectivity index (χ1v) is 20.0. The summed E-state index contributed by atoms with van der Waals surface area (Å²) in [6, 6.07) is 53.4. The van der Waals surface area contributed by atoms with Gasteiger partial charge >= 0.3 is 21.1 Å². The van der Waals surface area contributed by atoms with Crippen molar-refractivity contribution < 1.29 is 21.1 Å². The van der Waals surface area contributed by atoms with Gasteiger partial charge in [-0.25, -0.2) is 9.67 Å². The van der Waals surface area contributed by atoms with Crippen molar-refractivity contribution in [3.63, 3.8) is 0 Å². The van der Waals surface area contributed by atoms with Gasteiger partial charge in [-0.05, 0) is 97.1 Å². The van der Waals surface area contributed by atoms with Gasteiger partial charge in [0.05, 0.1) is 16.9 Å². The van der Waals surface area contributed by atoms with E-state index in [0.29, 0.717) is 0 Å². The molecule has 0 bridgehead atoms. The van der Waals surface area contributed by atoms with Gasteiger partial charge in [-0.1, -0.05) is 151 Å². The average molecular weight is 948 g/mol. The Balaban J connectivity index is 0.00000449. The Bertz CT molecular complexity index is 3140. The maximum absolute atomic E-state index is 5.60. The maximum atomic E-state index is 5.60. The van der Waals surface area contributed by atoms with Gasteiger partial charge in [-0.2, -0.15) is 6.20 Å². The molecule has 0 saturated heterocycles. The molecule has 0 fully saturated rings. The van der Waals surface area contributed by atoms with Crippen LogP contribution in [0.4, 0.5) is 17.3 Å². The molecule has 0 radical (unpaired) electrons. The zero-order valence-electron chi connectivity index (χ0n) is 34.0. The molecule has 0 aliphatic rings. The average Bonchev–Trinajstić information content (AvgIpc) is 3.94. The Morgan fingerprint density at radius 1 is 0.576 bits per heavy atom. The van der Waals surface area contributed by atoms with Crippen molar-refractivity contribution in [1.29, 1.82) is 0 Å². The van der Waals surface area contributed by atoms with Gasteiger partial charge in [0.1, 0.15) is 5.82 Å². The standard InChI is InChI=1S/C52H44N6.Pt/c1-51(2,3)36-25-26-43-41(29-36)42-30-37(52(4,5)6)31-46(49(42)55-43)58-45-24-16-15-23-40(45)50(56-58)57(38-20-11-8-12-21-38)47-28-35(33-17-9-7-10-18-33)27-44(54-47)48-39-22-14-13-19-34(39)32-53-48;/h7-32H,1-6H3;/q-2;+2. The fourth-order valence-corrected chi connectivity index (χ4v) is 8.09. The van der Waals surface area contributed by atoms with Crippen LogP contribution in [-0.4, -0.2) is 14.8 Å². The van der Waals surface area contributed by atoms with Crippen molar-refractivity contribution in [1.82, 2.24) is 24.7 Å². The number of aromatic nitrogens is 5. The number of fused-ring (bicyclic) bond motifs is 5. The van der Waals surface area contributed by atoms with Crippen molar-refractivity contribution in [2.45, 2.75) is 52.4 Å². The van der Waals surface area contributed by atoms with Crippen LogP contribution in [0, 0.1) is 0 Å². The van der Waals surface area contributed by atoms with Gasteiger partial charge in [0.25, 0.3) is 0 Å². The molecular formula is C52H44N6Pt. The van der Waals surface area contributed by atoms with Gasteiger partial charge in [0.15, 0.2) is 5.82 Å². The van der Waals surface area contributed by atoms with Crippen LogP contribution in [0.3, 0.4) is 0 Å². The molecule has 4 heterocycles. The molecule has 0 aliphatic carbocycles. The van der Waals surface area contributed by atoms with Gasteiger partial charge in [-0.15, -0.1) is 21.8 Å². The molecule has 6 nitrogen and oxygen atoms in total. The minimum absolute atomic E-state index is 0. The van der Waals surface area contributed by atoms with E-state index in [1.54, 1.807) is 0 Å². The van der Waals surface area contributed by atoms with E-state index in [-0.39, 0.29) is 31.9 Å². The smallest absolute Gasteiger partial charge is 0.661 e. The molecule has 0 amide bonds. The molecule has 0 spiro atoms. The monoisotopic (exact) mass is 947 g/mol. The van der Waals surface area contributed by atoms with E-state index in [0.717, 1.165) is 83.6 Å². The predicted molar refractivity (Wildman–Crippen MR) is 241 cm³/mol.